The van der Waals surface area contributed by atoms with E-state index in [2.05, 4.69) is 4.98 Å². The average Bonchev–Trinajstić information content (AvgIpc) is 2.97. The number of benzene rings is 1. The number of carbonyl (C=O) groups is 1. The molecule has 1 aromatic heterocycles. The van der Waals surface area contributed by atoms with Gasteiger partial charge in [-0.05, 0) is 49.9 Å². The second-order valence-corrected chi connectivity index (χ2v) is 6.38. The van der Waals surface area contributed by atoms with E-state index in [1.54, 1.807) is 19.1 Å². The maximum Gasteiger partial charge on any atom is 0.260 e. The Balaban J connectivity index is 1.82. The molecule has 0 bridgehead atoms. The highest BCUT2D eigenvalue weighted by Gasteiger charge is 2.31. The number of hydrogen-bond acceptors (Lipinski definition) is 2. The molecule has 1 aliphatic rings. The smallest absolute Gasteiger partial charge is 0.260 e. The number of aromatic nitrogens is 1. The van der Waals surface area contributed by atoms with Gasteiger partial charge in [0.05, 0.1) is 0 Å². The lowest BCUT2D eigenvalue weighted by atomic mass is 10.0. The number of halogens is 1. The van der Waals surface area contributed by atoms with Gasteiger partial charge in [0.25, 0.3) is 11.5 Å². The van der Waals surface area contributed by atoms with E-state index in [0.717, 1.165) is 35.5 Å². The van der Waals surface area contributed by atoms with Crippen molar-refractivity contribution in [3.63, 3.8) is 0 Å². The maximum atomic E-state index is 12.7. The van der Waals surface area contributed by atoms with Crippen molar-refractivity contribution in [3.8, 4) is 0 Å². The molecule has 0 radical (unpaired) electrons. The molecule has 1 fully saturated rings. The molecular formula is C18H19ClN2O2. The van der Waals surface area contributed by atoms with Gasteiger partial charge < -0.3 is 9.88 Å². The Labute approximate surface area is 140 Å². The van der Waals surface area contributed by atoms with Crippen LogP contribution in [0.5, 0.6) is 0 Å². The van der Waals surface area contributed by atoms with Crippen LogP contribution in [0.25, 0.3) is 0 Å². The van der Waals surface area contributed by atoms with E-state index in [4.69, 9.17) is 11.6 Å². The SMILES string of the molecule is Cc1ccc(C(=O)N2CCCC2Cc2ccccc2Cl)c(=O)[nH]1. The number of nitrogens with one attached hydrogen (secondary N) is 1. The normalized spacial score (nSPS) is 17.5. The molecule has 5 heteroatoms. The van der Waals surface area contributed by atoms with Crippen molar-refractivity contribution in [1.29, 1.82) is 0 Å². The third kappa shape index (κ3) is 3.32. The Morgan fingerprint density at radius 2 is 2.09 bits per heavy atom. The zero-order chi connectivity index (χ0) is 16.4. The summed E-state index contributed by atoms with van der Waals surface area (Å²) in [6.45, 7) is 2.48. The Morgan fingerprint density at radius 3 is 2.83 bits per heavy atom. The highest BCUT2D eigenvalue weighted by atomic mass is 35.5. The minimum atomic E-state index is -0.321. The van der Waals surface area contributed by atoms with Crippen LogP contribution in [-0.2, 0) is 6.42 Å². The summed E-state index contributed by atoms with van der Waals surface area (Å²) in [4.78, 5) is 29.3. The maximum absolute atomic E-state index is 12.7. The van der Waals surface area contributed by atoms with Crippen LogP contribution >= 0.6 is 11.6 Å². The third-order valence-electron chi connectivity index (χ3n) is 4.34. The van der Waals surface area contributed by atoms with Crippen LogP contribution in [0.1, 0.15) is 34.5 Å². The summed E-state index contributed by atoms with van der Waals surface area (Å²) in [6, 6.07) is 11.2. The van der Waals surface area contributed by atoms with Crippen LogP contribution in [0, 0.1) is 6.92 Å². The summed E-state index contributed by atoms with van der Waals surface area (Å²) in [6.07, 6.45) is 2.60. The lowest BCUT2D eigenvalue weighted by molar-refractivity contribution is 0.0734. The molecule has 1 unspecified atom stereocenters. The standard InChI is InChI=1S/C18H19ClN2O2/c1-12-8-9-15(17(22)20-12)18(23)21-10-4-6-14(21)11-13-5-2-3-7-16(13)19/h2-3,5,7-9,14H,4,6,10-11H2,1H3,(H,20,22). The molecule has 1 aliphatic heterocycles. The molecule has 1 N–H and O–H groups in total. The molecule has 2 aromatic rings. The lowest BCUT2D eigenvalue weighted by Crippen LogP contribution is -2.39. The summed E-state index contributed by atoms with van der Waals surface area (Å²) >= 11 is 6.23. The summed E-state index contributed by atoms with van der Waals surface area (Å²) in [5.74, 6) is -0.194. The molecule has 0 spiro atoms. The Hall–Kier alpha value is -2.07. The summed E-state index contributed by atoms with van der Waals surface area (Å²) in [5.41, 5.74) is 1.68. The molecule has 1 saturated heterocycles. The fourth-order valence-electron chi connectivity index (χ4n) is 3.13. The monoisotopic (exact) mass is 330 g/mol. The van der Waals surface area contributed by atoms with E-state index in [-0.39, 0.29) is 23.1 Å². The van der Waals surface area contributed by atoms with Crippen LogP contribution in [0.4, 0.5) is 0 Å². The molecule has 3 rings (SSSR count). The fourth-order valence-corrected chi connectivity index (χ4v) is 3.34. The highest BCUT2D eigenvalue weighted by Crippen LogP contribution is 2.25. The first kappa shape index (κ1) is 15.8. The van der Waals surface area contributed by atoms with E-state index >= 15 is 0 Å². The zero-order valence-corrected chi connectivity index (χ0v) is 13.8. The number of amides is 1. The van der Waals surface area contributed by atoms with Gasteiger partial charge in [0.1, 0.15) is 5.56 Å². The van der Waals surface area contributed by atoms with Crippen LogP contribution in [-0.4, -0.2) is 28.4 Å². The first-order valence-electron chi connectivity index (χ1n) is 7.80. The van der Waals surface area contributed by atoms with E-state index in [1.165, 1.54) is 0 Å². The first-order valence-corrected chi connectivity index (χ1v) is 8.18. The van der Waals surface area contributed by atoms with Gasteiger partial charge in [-0.25, -0.2) is 0 Å². The fraction of sp³-hybridized carbons (Fsp3) is 0.333. The Kier molecular flexibility index (Phi) is 4.53. The molecule has 2 heterocycles. The number of likely N-dealkylation sites (tertiary alicyclic amines) is 1. The van der Waals surface area contributed by atoms with Gasteiger partial charge in [0.15, 0.2) is 0 Å². The highest BCUT2D eigenvalue weighted by molar-refractivity contribution is 6.31. The summed E-state index contributed by atoms with van der Waals surface area (Å²) in [7, 11) is 0. The van der Waals surface area contributed by atoms with E-state index < -0.39 is 0 Å². The van der Waals surface area contributed by atoms with Crippen molar-refractivity contribution in [2.24, 2.45) is 0 Å². The topological polar surface area (TPSA) is 53.2 Å². The molecule has 23 heavy (non-hydrogen) atoms. The number of hydrogen-bond donors (Lipinski definition) is 1. The number of nitrogens with zero attached hydrogens (tertiary/aromatic N) is 1. The third-order valence-corrected chi connectivity index (χ3v) is 4.71. The number of aromatic amines is 1. The van der Waals surface area contributed by atoms with Crippen molar-refractivity contribution in [2.75, 3.05) is 6.54 Å². The number of pyridine rings is 1. The van der Waals surface area contributed by atoms with Gasteiger partial charge in [-0.2, -0.15) is 0 Å². The van der Waals surface area contributed by atoms with Gasteiger partial charge in [-0.1, -0.05) is 29.8 Å². The quantitative estimate of drug-likeness (QED) is 0.939. The van der Waals surface area contributed by atoms with Crippen LogP contribution in [0.15, 0.2) is 41.2 Å². The van der Waals surface area contributed by atoms with Crippen LogP contribution < -0.4 is 5.56 Å². The number of H-pyrrole nitrogens is 1. The van der Waals surface area contributed by atoms with Gasteiger partial charge in [0, 0.05) is 23.3 Å². The van der Waals surface area contributed by atoms with Gasteiger partial charge >= 0.3 is 0 Å². The second kappa shape index (κ2) is 6.59. The van der Waals surface area contributed by atoms with Crippen molar-refractivity contribution in [2.45, 2.75) is 32.2 Å². The molecular weight excluding hydrogens is 312 g/mol. The van der Waals surface area contributed by atoms with Gasteiger partial charge in [-0.3, -0.25) is 9.59 Å². The average molecular weight is 331 g/mol. The number of carbonyl (C=O) groups excluding carboxylic acids is 1. The van der Waals surface area contributed by atoms with Gasteiger partial charge in [0.2, 0.25) is 0 Å². The van der Waals surface area contributed by atoms with E-state index in [1.807, 2.05) is 29.2 Å². The predicted molar refractivity (Wildman–Crippen MR) is 91.0 cm³/mol. The minimum absolute atomic E-state index is 0.0862. The molecule has 0 saturated carbocycles. The molecule has 1 aromatic carbocycles. The van der Waals surface area contributed by atoms with Crippen LogP contribution in [0.3, 0.4) is 0 Å². The lowest BCUT2D eigenvalue weighted by Gasteiger charge is -2.25. The van der Waals surface area contributed by atoms with E-state index in [0.29, 0.717) is 6.54 Å². The summed E-state index contributed by atoms with van der Waals surface area (Å²) in [5, 5.41) is 0.722. The molecule has 120 valence electrons. The number of rotatable bonds is 3. The Bertz CT molecular complexity index is 785. The number of aryl methyl sites for hydroxylation is 1. The van der Waals surface area contributed by atoms with Crippen molar-refractivity contribution >= 4 is 17.5 Å². The predicted octanol–water partition coefficient (Wildman–Crippen LogP) is 3.18. The first-order chi connectivity index (χ1) is 11.1. The minimum Gasteiger partial charge on any atom is -0.335 e. The molecule has 1 atom stereocenters. The second-order valence-electron chi connectivity index (χ2n) is 5.97. The van der Waals surface area contributed by atoms with Crippen molar-refractivity contribution in [1.82, 2.24) is 9.88 Å². The molecule has 1 amide bonds. The summed E-state index contributed by atoms with van der Waals surface area (Å²) < 4.78 is 0. The van der Waals surface area contributed by atoms with Crippen molar-refractivity contribution in [3.05, 3.63) is 68.6 Å². The Morgan fingerprint density at radius 1 is 1.30 bits per heavy atom. The van der Waals surface area contributed by atoms with Gasteiger partial charge in [-0.15, -0.1) is 0 Å². The largest absolute Gasteiger partial charge is 0.335 e. The van der Waals surface area contributed by atoms with Crippen molar-refractivity contribution < 1.29 is 4.79 Å². The molecule has 4 nitrogen and oxygen atoms in total. The van der Waals surface area contributed by atoms with Crippen LogP contribution in [0.2, 0.25) is 5.02 Å². The van der Waals surface area contributed by atoms with E-state index in [9.17, 15) is 9.59 Å². The zero-order valence-electron chi connectivity index (χ0n) is 13.0. The molecule has 0 aliphatic carbocycles.